The Morgan fingerprint density at radius 3 is 0.909 bits per heavy atom. The van der Waals surface area contributed by atoms with E-state index in [0.29, 0.717) is 0 Å². The van der Waals surface area contributed by atoms with Gasteiger partial charge >= 0.3 is 54.1 Å². The van der Waals surface area contributed by atoms with Gasteiger partial charge in [0, 0.05) is 5.33 Å². The lowest BCUT2D eigenvalue weighted by Crippen LogP contribution is -2.55. The summed E-state index contributed by atoms with van der Waals surface area (Å²) in [4.78, 5) is 0. The fourth-order valence-corrected chi connectivity index (χ4v) is 2.78. The van der Waals surface area contributed by atoms with Crippen LogP contribution in [0.1, 0.15) is 5.56 Å². The van der Waals surface area contributed by atoms with Gasteiger partial charge < -0.3 is 14.2 Å². The molecule has 0 amide bonds. The van der Waals surface area contributed by atoms with Crippen LogP contribution in [0.25, 0.3) is 0 Å². The first-order chi connectivity index (χ1) is 19.2. The lowest BCUT2D eigenvalue weighted by molar-refractivity contribution is -0.359. The lowest BCUT2D eigenvalue weighted by Gasteiger charge is -2.30. The highest BCUT2D eigenvalue weighted by Crippen LogP contribution is 2.51. The first-order valence-corrected chi connectivity index (χ1v) is 11.4. The number of rotatable bonds is 13. The fourth-order valence-electron chi connectivity index (χ4n) is 2.46. The summed E-state index contributed by atoms with van der Waals surface area (Å²) in [6, 6.07) is 0.197. The Bertz CT molecular complexity index is 1080. The van der Waals surface area contributed by atoms with Crippen LogP contribution >= 0.6 is 15.9 Å². The van der Waals surface area contributed by atoms with Gasteiger partial charge in [-0.2, -0.15) is 92.2 Å². The van der Waals surface area contributed by atoms with E-state index in [1.807, 2.05) is 0 Å². The van der Waals surface area contributed by atoms with Gasteiger partial charge in [-0.15, -0.1) is 0 Å². The number of benzene rings is 1. The van der Waals surface area contributed by atoms with Crippen LogP contribution in [-0.2, 0) is 5.33 Å². The number of ether oxygens (including phenoxy) is 3. The van der Waals surface area contributed by atoms with Crippen molar-refractivity contribution in [3.05, 3.63) is 17.7 Å². The monoisotopic (exact) mass is 764 g/mol. The maximum absolute atomic E-state index is 13.7. The molecule has 0 aliphatic carbocycles. The third-order valence-electron chi connectivity index (χ3n) is 4.90. The molecule has 0 aliphatic heterocycles. The molecule has 0 aliphatic rings. The zero-order valence-electron chi connectivity index (χ0n) is 20.0. The third-order valence-corrected chi connectivity index (χ3v) is 5.54. The Balaban J connectivity index is 3.72. The van der Waals surface area contributed by atoms with Gasteiger partial charge in [0.15, 0.2) is 31.3 Å². The molecule has 0 aromatic heterocycles. The van der Waals surface area contributed by atoms with Crippen molar-refractivity contribution in [3.8, 4) is 17.2 Å². The molecule has 1 aromatic carbocycles. The quantitative estimate of drug-likeness (QED) is 0.148. The smallest absolute Gasteiger partial charge is 0.460 e. The third kappa shape index (κ3) is 7.70. The summed E-state index contributed by atoms with van der Waals surface area (Å²) in [5.74, 6) is -46.0. The van der Waals surface area contributed by atoms with Gasteiger partial charge in [0.1, 0.15) is 0 Å². The van der Waals surface area contributed by atoms with Crippen molar-refractivity contribution in [2.45, 2.75) is 59.4 Å². The second kappa shape index (κ2) is 12.1. The van der Waals surface area contributed by atoms with E-state index < -0.39 is 102 Å². The van der Waals surface area contributed by atoms with E-state index in [4.69, 9.17) is 0 Å². The number of halogens is 22. The van der Waals surface area contributed by atoms with Gasteiger partial charge in [0.25, 0.3) is 0 Å². The van der Waals surface area contributed by atoms with Gasteiger partial charge in [0.2, 0.25) is 5.75 Å². The van der Waals surface area contributed by atoms with E-state index in [-0.39, 0.29) is 12.1 Å². The standard InChI is InChI=1S/C19H10BrF21O3/c20-3-7-1-8(42-4-11(21,22)14(27,28)17(33,34)35)10(44-6-13(25,26)16(31,32)19(39,40)41)9(2-7)43-5-12(23,24)15(29,30)18(36,37)38/h1-2H,3-6H2. The average molecular weight is 765 g/mol. The number of alkyl halides is 22. The normalized spacial score (nSPS) is 15.0. The number of hydrogen-bond acceptors (Lipinski definition) is 3. The first-order valence-electron chi connectivity index (χ1n) is 10.3. The topological polar surface area (TPSA) is 27.7 Å². The fraction of sp³-hybridized carbons (Fsp3) is 0.684. The maximum atomic E-state index is 13.7. The Labute approximate surface area is 237 Å². The van der Waals surface area contributed by atoms with E-state index >= 15 is 0 Å². The molecule has 0 unspecified atom stereocenters. The number of hydrogen-bond donors (Lipinski definition) is 0. The molecule has 0 atom stereocenters. The van der Waals surface area contributed by atoms with Crippen molar-refractivity contribution < 1.29 is 106 Å². The molecule has 0 N–H and O–H groups in total. The minimum atomic E-state index is -7.06. The summed E-state index contributed by atoms with van der Waals surface area (Å²) in [6.07, 6.45) is -21.1. The first kappa shape index (κ1) is 39.7. The van der Waals surface area contributed by atoms with Gasteiger partial charge in [0.05, 0.1) is 0 Å². The SMILES string of the molecule is FC(F)(F)C(F)(F)C(F)(F)COc1cc(CBr)cc(OCC(F)(F)C(F)(F)C(F)(F)F)c1OCC(F)(F)C(F)(F)C(F)(F)F. The summed E-state index contributed by atoms with van der Waals surface area (Å²) in [7, 11) is 0. The molecule has 1 aromatic rings. The van der Waals surface area contributed by atoms with Crippen LogP contribution in [0.2, 0.25) is 0 Å². The van der Waals surface area contributed by atoms with Gasteiger partial charge in [-0.25, -0.2) is 0 Å². The minimum Gasteiger partial charge on any atom is -0.483 e. The van der Waals surface area contributed by atoms with Crippen molar-refractivity contribution >= 4 is 15.9 Å². The largest absolute Gasteiger partial charge is 0.483 e. The van der Waals surface area contributed by atoms with Crippen LogP contribution < -0.4 is 14.2 Å². The highest BCUT2D eigenvalue weighted by atomic mass is 79.9. The molecule has 0 saturated heterocycles. The summed E-state index contributed by atoms with van der Waals surface area (Å²) in [5, 5.41) is -0.744. The summed E-state index contributed by atoms with van der Waals surface area (Å²) >= 11 is 2.54. The molecule has 0 heterocycles. The van der Waals surface area contributed by atoms with E-state index in [1.54, 1.807) is 0 Å². The molecule has 0 fully saturated rings. The Hall–Kier alpha value is -2.37. The molecule has 258 valence electrons. The summed E-state index contributed by atoms with van der Waals surface area (Å²) in [6.45, 7) is -9.62. The Morgan fingerprint density at radius 1 is 0.432 bits per heavy atom. The Morgan fingerprint density at radius 2 is 0.682 bits per heavy atom. The molecule has 0 radical (unpaired) electrons. The van der Waals surface area contributed by atoms with Crippen LogP contribution in [0, 0.1) is 0 Å². The van der Waals surface area contributed by atoms with Crippen LogP contribution in [0.15, 0.2) is 12.1 Å². The van der Waals surface area contributed by atoms with Gasteiger partial charge in [-0.1, -0.05) is 15.9 Å². The van der Waals surface area contributed by atoms with E-state index in [1.165, 1.54) is 0 Å². The van der Waals surface area contributed by atoms with Crippen molar-refractivity contribution in [3.63, 3.8) is 0 Å². The molecule has 25 heteroatoms. The van der Waals surface area contributed by atoms with E-state index in [2.05, 4.69) is 30.1 Å². The van der Waals surface area contributed by atoms with Crippen molar-refractivity contribution in [2.75, 3.05) is 19.8 Å². The molecular weight excluding hydrogens is 755 g/mol. The van der Waals surface area contributed by atoms with Crippen LogP contribution in [0.5, 0.6) is 17.2 Å². The molecule has 3 nitrogen and oxygen atoms in total. The lowest BCUT2D eigenvalue weighted by atomic mass is 10.1. The van der Waals surface area contributed by atoms with Crippen molar-refractivity contribution in [1.29, 1.82) is 0 Å². The van der Waals surface area contributed by atoms with Crippen LogP contribution in [-0.4, -0.2) is 73.9 Å². The van der Waals surface area contributed by atoms with Crippen molar-refractivity contribution in [2.24, 2.45) is 0 Å². The summed E-state index contributed by atoms with van der Waals surface area (Å²) < 4.78 is 285. The van der Waals surface area contributed by atoms with E-state index in [9.17, 15) is 92.2 Å². The zero-order valence-corrected chi connectivity index (χ0v) is 21.6. The second-order valence-corrected chi connectivity index (χ2v) is 8.81. The van der Waals surface area contributed by atoms with Gasteiger partial charge in [-0.3, -0.25) is 0 Å². The molecule has 0 saturated carbocycles. The van der Waals surface area contributed by atoms with E-state index in [0.717, 1.165) is 0 Å². The summed E-state index contributed by atoms with van der Waals surface area (Å²) in [5.41, 5.74) is -0.716. The molecule has 44 heavy (non-hydrogen) atoms. The predicted molar refractivity (Wildman–Crippen MR) is 103 cm³/mol. The Kier molecular flexibility index (Phi) is 10.9. The molecule has 0 bridgehead atoms. The molecule has 1 rings (SSSR count). The molecular formula is C19H10BrF21O3. The van der Waals surface area contributed by atoms with Crippen LogP contribution in [0.3, 0.4) is 0 Å². The highest BCUT2D eigenvalue weighted by molar-refractivity contribution is 9.08. The zero-order chi connectivity index (χ0) is 35.2. The van der Waals surface area contributed by atoms with Crippen molar-refractivity contribution in [1.82, 2.24) is 0 Å². The maximum Gasteiger partial charge on any atom is 0.460 e. The minimum absolute atomic E-state index is 0.0985. The second-order valence-electron chi connectivity index (χ2n) is 8.25. The molecule has 0 spiro atoms. The van der Waals surface area contributed by atoms with Gasteiger partial charge in [-0.05, 0) is 17.7 Å². The highest BCUT2D eigenvalue weighted by Gasteiger charge is 2.75. The predicted octanol–water partition coefficient (Wildman–Crippen LogP) is 9.22. The van der Waals surface area contributed by atoms with Crippen LogP contribution in [0.4, 0.5) is 92.2 Å². The average Bonchev–Trinajstić information content (AvgIpc) is 2.82.